The lowest BCUT2D eigenvalue weighted by atomic mass is 9.85. The monoisotopic (exact) mass is 302 g/mol. The van der Waals surface area contributed by atoms with Gasteiger partial charge < -0.3 is 0 Å². The lowest BCUT2D eigenvalue weighted by Crippen LogP contribution is -2.21. The summed E-state index contributed by atoms with van der Waals surface area (Å²) >= 11 is 6.89. The zero-order valence-electron chi connectivity index (χ0n) is 6.84. The number of hydrogen-bond acceptors (Lipinski definition) is 1. The molecule has 2 bridgehead atoms. The van der Waals surface area contributed by atoms with Crippen molar-refractivity contribution >= 4 is 37.6 Å². The number of ketones is 1. The lowest BCUT2D eigenvalue weighted by Gasteiger charge is -2.19. The van der Waals surface area contributed by atoms with Crippen LogP contribution < -0.4 is 0 Å². The van der Waals surface area contributed by atoms with Gasteiger partial charge in [0.15, 0.2) is 5.78 Å². The van der Waals surface area contributed by atoms with Crippen molar-refractivity contribution in [3.63, 3.8) is 0 Å². The molecule has 3 aliphatic carbocycles. The molecule has 4 atom stereocenters. The Kier molecular flexibility index (Phi) is 1.67. The van der Waals surface area contributed by atoms with Gasteiger partial charge in [0.1, 0.15) is 0 Å². The van der Waals surface area contributed by atoms with Gasteiger partial charge in [-0.1, -0.05) is 28.1 Å². The van der Waals surface area contributed by atoms with Crippen LogP contribution in [-0.2, 0) is 4.79 Å². The van der Waals surface area contributed by atoms with E-state index in [2.05, 4.69) is 44.0 Å². The molecule has 3 heteroatoms. The number of allylic oxidation sites excluding steroid dienone is 4. The van der Waals surface area contributed by atoms with Crippen LogP contribution in [0.1, 0.15) is 6.42 Å². The Hall–Kier alpha value is 0.110. The highest BCUT2D eigenvalue weighted by molar-refractivity contribution is 9.14. The Balaban J connectivity index is 2.11. The van der Waals surface area contributed by atoms with Crippen LogP contribution in [0.4, 0.5) is 0 Å². The van der Waals surface area contributed by atoms with Gasteiger partial charge in [-0.2, -0.15) is 0 Å². The molecule has 0 aromatic carbocycles. The molecule has 68 valence electrons. The van der Waals surface area contributed by atoms with Crippen molar-refractivity contribution < 1.29 is 4.79 Å². The van der Waals surface area contributed by atoms with Crippen molar-refractivity contribution in [2.45, 2.75) is 6.42 Å². The molecule has 0 spiro atoms. The molecule has 4 unspecified atom stereocenters. The first kappa shape index (κ1) is 8.42. The lowest BCUT2D eigenvalue weighted by molar-refractivity contribution is -0.118. The Bertz CT molecular complexity index is 356. The standard InChI is InChI=1S/C10H8Br2O/c11-8-6-4-1-2-5(3-4)7(6)10(13)9(8)12/h1-2,4-7H,3H2. The summed E-state index contributed by atoms with van der Waals surface area (Å²) in [6, 6.07) is 0. The molecule has 0 aromatic rings. The quantitative estimate of drug-likeness (QED) is 0.629. The van der Waals surface area contributed by atoms with Gasteiger partial charge in [0.25, 0.3) is 0 Å². The second kappa shape index (κ2) is 2.57. The molecule has 0 heterocycles. The fourth-order valence-corrected chi connectivity index (χ4v) is 4.28. The van der Waals surface area contributed by atoms with E-state index < -0.39 is 0 Å². The zero-order chi connectivity index (χ0) is 9.16. The van der Waals surface area contributed by atoms with Crippen LogP contribution >= 0.6 is 31.9 Å². The van der Waals surface area contributed by atoms with Crippen LogP contribution in [0.25, 0.3) is 0 Å². The van der Waals surface area contributed by atoms with Crippen molar-refractivity contribution in [1.82, 2.24) is 0 Å². The third-order valence-electron chi connectivity index (χ3n) is 3.48. The van der Waals surface area contributed by atoms with E-state index in [1.807, 2.05) is 0 Å². The maximum atomic E-state index is 11.8. The Morgan fingerprint density at radius 2 is 1.77 bits per heavy atom. The van der Waals surface area contributed by atoms with E-state index in [1.54, 1.807) is 0 Å². The number of halogens is 2. The summed E-state index contributed by atoms with van der Waals surface area (Å²) in [5, 5.41) is 0. The second-order valence-corrected chi connectivity index (χ2v) is 5.67. The average molecular weight is 304 g/mol. The first-order chi connectivity index (χ1) is 6.20. The smallest absolute Gasteiger partial charge is 0.174 e. The molecule has 0 aromatic heterocycles. The molecular formula is C10H8Br2O. The van der Waals surface area contributed by atoms with E-state index in [-0.39, 0.29) is 5.92 Å². The van der Waals surface area contributed by atoms with Gasteiger partial charge in [0.05, 0.1) is 4.48 Å². The van der Waals surface area contributed by atoms with Gasteiger partial charge >= 0.3 is 0 Å². The summed E-state index contributed by atoms with van der Waals surface area (Å²) in [7, 11) is 0. The van der Waals surface area contributed by atoms with Crippen molar-refractivity contribution in [1.29, 1.82) is 0 Å². The predicted molar refractivity (Wildman–Crippen MR) is 57.6 cm³/mol. The van der Waals surface area contributed by atoms with E-state index in [0.717, 1.165) is 8.96 Å². The summed E-state index contributed by atoms with van der Waals surface area (Å²) in [6.45, 7) is 0. The number of rotatable bonds is 0. The first-order valence-corrected chi connectivity index (χ1v) is 6.06. The summed E-state index contributed by atoms with van der Waals surface area (Å²) in [5.74, 6) is 2.08. The van der Waals surface area contributed by atoms with Gasteiger partial charge in [0.2, 0.25) is 0 Å². The van der Waals surface area contributed by atoms with Crippen molar-refractivity contribution in [3.8, 4) is 0 Å². The molecule has 0 saturated heterocycles. The Labute approximate surface area is 93.5 Å². The maximum Gasteiger partial charge on any atom is 0.174 e. The SMILES string of the molecule is O=C1C(Br)=C(Br)C2C3C=CC(C3)C12. The number of carbonyl (C=O) groups excluding carboxylic acids is 1. The van der Waals surface area contributed by atoms with Gasteiger partial charge in [-0.3, -0.25) is 4.79 Å². The molecule has 1 nitrogen and oxygen atoms in total. The molecule has 0 N–H and O–H groups in total. The van der Waals surface area contributed by atoms with Gasteiger partial charge in [-0.15, -0.1) is 0 Å². The Morgan fingerprint density at radius 3 is 2.38 bits per heavy atom. The molecule has 1 saturated carbocycles. The zero-order valence-corrected chi connectivity index (χ0v) is 10.0. The minimum atomic E-state index is 0.235. The van der Waals surface area contributed by atoms with E-state index in [1.165, 1.54) is 6.42 Å². The number of carbonyl (C=O) groups is 1. The van der Waals surface area contributed by atoms with E-state index in [9.17, 15) is 4.79 Å². The third-order valence-corrected chi connectivity index (χ3v) is 5.76. The highest BCUT2D eigenvalue weighted by Crippen LogP contribution is 2.58. The molecule has 3 aliphatic rings. The molecule has 0 aliphatic heterocycles. The second-order valence-electron chi connectivity index (χ2n) is 4.03. The third kappa shape index (κ3) is 0.899. The van der Waals surface area contributed by atoms with Crippen molar-refractivity contribution in [2.75, 3.05) is 0 Å². The van der Waals surface area contributed by atoms with Crippen LogP contribution in [0, 0.1) is 23.7 Å². The topological polar surface area (TPSA) is 17.1 Å². The minimum absolute atomic E-state index is 0.235. The van der Waals surface area contributed by atoms with E-state index >= 15 is 0 Å². The first-order valence-electron chi connectivity index (χ1n) is 4.48. The molecule has 0 amide bonds. The largest absolute Gasteiger partial charge is 0.293 e. The molecule has 13 heavy (non-hydrogen) atoms. The van der Waals surface area contributed by atoms with Crippen LogP contribution in [0.3, 0.4) is 0 Å². The normalized spacial score (nSPS) is 46.5. The van der Waals surface area contributed by atoms with Gasteiger partial charge in [-0.05, 0) is 34.2 Å². The maximum absolute atomic E-state index is 11.8. The number of Topliss-reactive ketones (excluding diaryl/α,β-unsaturated/α-hetero) is 1. The van der Waals surface area contributed by atoms with E-state index in [0.29, 0.717) is 23.5 Å². The fraction of sp³-hybridized carbons (Fsp3) is 0.500. The summed E-state index contributed by atoms with van der Waals surface area (Å²) in [5.41, 5.74) is 0. The number of fused-ring (bicyclic) bond motifs is 5. The van der Waals surface area contributed by atoms with Crippen molar-refractivity contribution in [2.24, 2.45) is 23.7 Å². The van der Waals surface area contributed by atoms with Crippen LogP contribution in [0.15, 0.2) is 21.1 Å². The van der Waals surface area contributed by atoms with Crippen molar-refractivity contribution in [3.05, 3.63) is 21.1 Å². The summed E-state index contributed by atoms with van der Waals surface area (Å²) < 4.78 is 1.88. The average Bonchev–Trinajstić information content (AvgIpc) is 2.76. The summed E-state index contributed by atoms with van der Waals surface area (Å²) in [6.07, 6.45) is 5.66. The fourth-order valence-electron chi connectivity index (χ4n) is 2.94. The van der Waals surface area contributed by atoms with Crippen LogP contribution in [0.2, 0.25) is 0 Å². The highest BCUT2D eigenvalue weighted by atomic mass is 79.9. The van der Waals surface area contributed by atoms with Gasteiger partial charge in [-0.25, -0.2) is 0 Å². The number of hydrogen-bond donors (Lipinski definition) is 0. The molecule has 1 fully saturated rings. The predicted octanol–water partition coefficient (Wildman–Crippen LogP) is 3.01. The molecular weight excluding hydrogens is 296 g/mol. The van der Waals surface area contributed by atoms with E-state index in [4.69, 9.17) is 0 Å². The minimum Gasteiger partial charge on any atom is -0.293 e. The molecule has 3 rings (SSSR count). The Morgan fingerprint density at radius 1 is 1.15 bits per heavy atom. The highest BCUT2D eigenvalue weighted by Gasteiger charge is 2.53. The summed E-state index contributed by atoms with van der Waals surface area (Å²) in [4.78, 5) is 11.8. The molecule has 0 radical (unpaired) electrons. The van der Waals surface area contributed by atoms with Crippen LogP contribution in [-0.4, -0.2) is 5.78 Å². The van der Waals surface area contributed by atoms with Gasteiger partial charge in [0, 0.05) is 16.3 Å². The van der Waals surface area contributed by atoms with Crippen LogP contribution in [0.5, 0.6) is 0 Å².